The summed E-state index contributed by atoms with van der Waals surface area (Å²) < 4.78 is 1.98. The molecule has 0 saturated heterocycles. The largest absolute Gasteiger partial charge is 0.319 e. The Hall–Kier alpha value is -1.20. The van der Waals surface area contributed by atoms with E-state index in [1.165, 1.54) is 5.56 Å². The molecule has 0 aliphatic rings. The Morgan fingerprint density at radius 3 is 2.93 bits per heavy atom. The van der Waals surface area contributed by atoms with E-state index in [9.17, 15) is 0 Å². The Balaban J connectivity index is 1.76. The zero-order chi connectivity index (χ0) is 10.5. The van der Waals surface area contributed by atoms with Crippen molar-refractivity contribution >= 4 is 11.3 Å². The van der Waals surface area contributed by atoms with Crippen LogP contribution in [0.4, 0.5) is 0 Å². The van der Waals surface area contributed by atoms with Gasteiger partial charge in [0.2, 0.25) is 0 Å². The molecule has 0 saturated carbocycles. The average Bonchev–Trinajstić information content (AvgIpc) is 2.86. The van der Waals surface area contributed by atoms with Crippen LogP contribution < -0.4 is 5.32 Å². The molecule has 80 valence electrons. The number of hydrogen-bond acceptors (Lipinski definition) is 4. The number of aromatic nitrogens is 3. The summed E-state index contributed by atoms with van der Waals surface area (Å²) in [5, 5.41) is 15.3. The normalized spacial score (nSPS) is 12.9. The first-order valence-corrected chi connectivity index (χ1v) is 5.86. The summed E-state index contributed by atoms with van der Waals surface area (Å²) in [6.45, 7) is 3.98. The van der Waals surface area contributed by atoms with Crippen molar-refractivity contribution in [2.24, 2.45) is 0 Å². The van der Waals surface area contributed by atoms with E-state index in [0.29, 0.717) is 6.04 Å². The first-order valence-electron chi connectivity index (χ1n) is 4.91. The number of rotatable bonds is 5. The molecule has 0 aliphatic carbocycles. The molecule has 4 nitrogen and oxygen atoms in total. The number of nitrogens with one attached hydrogen (secondary N) is 1. The van der Waals surface area contributed by atoms with Crippen molar-refractivity contribution in [1.29, 1.82) is 0 Å². The van der Waals surface area contributed by atoms with Gasteiger partial charge in [-0.1, -0.05) is 0 Å². The van der Waals surface area contributed by atoms with Gasteiger partial charge >= 0.3 is 0 Å². The van der Waals surface area contributed by atoms with Gasteiger partial charge in [-0.25, -0.2) is 0 Å². The Morgan fingerprint density at radius 1 is 1.47 bits per heavy atom. The highest BCUT2D eigenvalue weighted by Crippen LogP contribution is 2.05. The van der Waals surface area contributed by atoms with Gasteiger partial charge in [0.1, 0.15) is 12.7 Å². The maximum atomic E-state index is 3.77. The summed E-state index contributed by atoms with van der Waals surface area (Å²) in [7, 11) is 0. The third-order valence-electron chi connectivity index (χ3n) is 2.19. The summed E-state index contributed by atoms with van der Waals surface area (Å²) in [6.07, 6.45) is 3.48. The fourth-order valence-corrected chi connectivity index (χ4v) is 2.05. The van der Waals surface area contributed by atoms with Gasteiger partial charge < -0.3 is 9.88 Å². The van der Waals surface area contributed by atoms with Crippen molar-refractivity contribution in [1.82, 2.24) is 20.1 Å². The van der Waals surface area contributed by atoms with E-state index in [2.05, 4.69) is 39.3 Å². The molecule has 0 aromatic carbocycles. The molecule has 1 unspecified atom stereocenters. The Labute approximate surface area is 93.0 Å². The van der Waals surface area contributed by atoms with E-state index in [1.807, 2.05) is 4.57 Å². The minimum Gasteiger partial charge on any atom is -0.319 e. The third kappa shape index (κ3) is 3.14. The van der Waals surface area contributed by atoms with Crippen molar-refractivity contribution in [3.05, 3.63) is 35.0 Å². The van der Waals surface area contributed by atoms with E-state index >= 15 is 0 Å². The van der Waals surface area contributed by atoms with E-state index < -0.39 is 0 Å². The molecule has 2 aromatic heterocycles. The smallest absolute Gasteiger partial charge is 0.119 e. The Bertz CT molecular complexity index is 368. The first kappa shape index (κ1) is 10.3. The highest BCUT2D eigenvalue weighted by molar-refractivity contribution is 7.07. The van der Waals surface area contributed by atoms with E-state index in [-0.39, 0.29) is 0 Å². The van der Waals surface area contributed by atoms with Crippen LogP contribution in [0.15, 0.2) is 29.5 Å². The summed E-state index contributed by atoms with van der Waals surface area (Å²) >= 11 is 1.73. The lowest BCUT2D eigenvalue weighted by Crippen LogP contribution is -2.29. The average molecular weight is 222 g/mol. The second kappa shape index (κ2) is 5.04. The second-order valence-corrected chi connectivity index (χ2v) is 4.35. The van der Waals surface area contributed by atoms with Crippen molar-refractivity contribution in [2.45, 2.75) is 26.1 Å². The van der Waals surface area contributed by atoms with Crippen LogP contribution in [-0.4, -0.2) is 20.8 Å². The van der Waals surface area contributed by atoms with Crippen LogP contribution in [0.1, 0.15) is 12.5 Å². The Kier molecular flexibility index (Phi) is 3.47. The number of hydrogen-bond donors (Lipinski definition) is 1. The molecule has 0 aliphatic heterocycles. The van der Waals surface area contributed by atoms with Crippen LogP contribution in [0.5, 0.6) is 0 Å². The van der Waals surface area contributed by atoms with Gasteiger partial charge in [0.15, 0.2) is 0 Å². The van der Waals surface area contributed by atoms with Crippen LogP contribution in [0.3, 0.4) is 0 Å². The highest BCUT2D eigenvalue weighted by Gasteiger charge is 2.02. The lowest BCUT2D eigenvalue weighted by molar-refractivity contribution is 0.476. The third-order valence-corrected chi connectivity index (χ3v) is 2.92. The molecule has 2 heterocycles. The predicted molar refractivity (Wildman–Crippen MR) is 60.6 cm³/mol. The van der Waals surface area contributed by atoms with Gasteiger partial charge in [0.25, 0.3) is 0 Å². The second-order valence-electron chi connectivity index (χ2n) is 3.57. The first-order chi connectivity index (χ1) is 7.34. The predicted octanol–water partition coefficient (Wildman–Crippen LogP) is 1.52. The summed E-state index contributed by atoms with van der Waals surface area (Å²) in [5.74, 6) is 0. The van der Waals surface area contributed by atoms with Crippen molar-refractivity contribution < 1.29 is 0 Å². The van der Waals surface area contributed by atoms with Crippen LogP contribution in [0, 0.1) is 0 Å². The monoisotopic (exact) mass is 222 g/mol. The zero-order valence-electron chi connectivity index (χ0n) is 8.63. The van der Waals surface area contributed by atoms with Crippen LogP contribution in [0.2, 0.25) is 0 Å². The van der Waals surface area contributed by atoms with Gasteiger partial charge in [0, 0.05) is 19.1 Å². The molecular weight excluding hydrogens is 208 g/mol. The number of thiophene rings is 1. The quantitative estimate of drug-likeness (QED) is 0.834. The van der Waals surface area contributed by atoms with Gasteiger partial charge in [-0.15, -0.1) is 10.2 Å². The standard InChI is InChI=1S/C10H14N4S/c1-9(5-14-7-12-13-8-14)11-4-10-2-3-15-6-10/h2-3,6-9,11H,4-5H2,1H3. The molecule has 0 spiro atoms. The molecule has 0 radical (unpaired) electrons. The lowest BCUT2D eigenvalue weighted by Gasteiger charge is -2.13. The van der Waals surface area contributed by atoms with E-state index in [4.69, 9.17) is 0 Å². The number of nitrogens with zero attached hydrogens (tertiary/aromatic N) is 3. The molecule has 0 fully saturated rings. The molecule has 5 heteroatoms. The van der Waals surface area contributed by atoms with Gasteiger partial charge in [-0.05, 0) is 29.3 Å². The molecular formula is C10H14N4S. The fourth-order valence-electron chi connectivity index (χ4n) is 1.38. The summed E-state index contributed by atoms with van der Waals surface area (Å²) in [6, 6.07) is 2.56. The highest BCUT2D eigenvalue weighted by atomic mass is 32.1. The van der Waals surface area contributed by atoms with Crippen LogP contribution in [0.25, 0.3) is 0 Å². The summed E-state index contributed by atoms with van der Waals surface area (Å²) in [5.41, 5.74) is 1.34. The minimum absolute atomic E-state index is 0.418. The van der Waals surface area contributed by atoms with Crippen LogP contribution >= 0.6 is 11.3 Å². The molecule has 0 amide bonds. The molecule has 1 N–H and O–H groups in total. The fraction of sp³-hybridized carbons (Fsp3) is 0.400. The summed E-state index contributed by atoms with van der Waals surface area (Å²) in [4.78, 5) is 0. The topological polar surface area (TPSA) is 42.7 Å². The molecule has 2 rings (SSSR count). The maximum Gasteiger partial charge on any atom is 0.119 e. The van der Waals surface area contributed by atoms with Gasteiger partial charge in [-0.2, -0.15) is 11.3 Å². The maximum absolute atomic E-state index is 3.77. The minimum atomic E-state index is 0.418. The Morgan fingerprint density at radius 2 is 2.27 bits per heavy atom. The van der Waals surface area contributed by atoms with Gasteiger partial charge in [0.05, 0.1) is 0 Å². The van der Waals surface area contributed by atoms with Gasteiger partial charge in [-0.3, -0.25) is 0 Å². The van der Waals surface area contributed by atoms with Crippen molar-refractivity contribution in [2.75, 3.05) is 0 Å². The molecule has 2 aromatic rings. The van der Waals surface area contributed by atoms with E-state index in [1.54, 1.807) is 24.0 Å². The van der Waals surface area contributed by atoms with Crippen molar-refractivity contribution in [3.8, 4) is 0 Å². The van der Waals surface area contributed by atoms with E-state index in [0.717, 1.165) is 13.1 Å². The SMILES string of the molecule is CC(Cn1cnnc1)NCc1ccsc1. The molecule has 15 heavy (non-hydrogen) atoms. The lowest BCUT2D eigenvalue weighted by atomic mass is 10.3. The molecule has 0 bridgehead atoms. The van der Waals surface area contributed by atoms with Crippen LogP contribution in [-0.2, 0) is 13.1 Å². The molecule has 1 atom stereocenters. The van der Waals surface area contributed by atoms with Crippen molar-refractivity contribution in [3.63, 3.8) is 0 Å². The zero-order valence-corrected chi connectivity index (χ0v) is 9.44.